The summed E-state index contributed by atoms with van der Waals surface area (Å²) in [4.78, 5) is 20.4. The average molecular weight is 543 g/mol. The Morgan fingerprint density at radius 1 is 1.26 bits per heavy atom. The molecule has 1 aromatic carbocycles. The molecule has 9 heteroatoms. The van der Waals surface area contributed by atoms with Crippen molar-refractivity contribution in [2.45, 2.75) is 70.9 Å². The lowest BCUT2D eigenvalue weighted by Gasteiger charge is -2.32. The van der Waals surface area contributed by atoms with Crippen molar-refractivity contribution in [2.75, 3.05) is 36.5 Å². The number of rotatable bonds is 6. The van der Waals surface area contributed by atoms with Crippen LogP contribution in [0.4, 0.5) is 10.1 Å². The van der Waals surface area contributed by atoms with Gasteiger partial charge in [-0.3, -0.25) is 4.79 Å². The summed E-state index contributed by atoms with van der Waals surface area (Å²) >= 11 is 0. The van der Waals surface area contributed by atoms with Crippen LogP contribution in [0.3, 0.4) is 0 Å². The number of Topliss-reactive ketones (excluding diaryl/α,β-unsaturated/α-hetero) is 1. The molecule has 1 aliphatic heterocycles. The molecule has 0 unspecified atom stereocenters. The number of carbonyl (C=O) groups excluding carboxylic acids is 1. The molecule has 2 fully saturated rings. The molecule has 1 saturated carbocycles. The first-order chi connectivity index (χ1) is 17.9. The molecule has 38 heavy (non-hydrogen) atoms. The molecule has 2 heterocycles. The number of alkyl halides is 1. The fourth-order valence-electron chi connectivity index (χ4n) is 5.40. The number of halogens is 1. The van der Waals surface area contributed by atoms with E-state index in [0.717, 1.165) is 11.3 Å². The van der Waals surface area contributed by atoms with E-state index < -0.39 is 27.7 Å². The van der Waals surface area contributed by atoms with Crippen molar-refractivity contribution >= 4 is 21.2 Å². The second-order valence-electron chi connectivity index (χ2n) is 11.7. The van der Waals surface area contributed by atoms with Crippen LogP contribution in [0.5, 0.6) is 0 Å². The predicted molar refractivity (Wildman–Crippen MR) is 148 cm³/mol. The Labute approximate surface area is 226 Å². The summed E-state index contributed by atoms with van der Waals surface area (Å²) in [6.07, 6.45) is 0.121. The smallest absolute Gasteiger partial charge is 0.200 e. The van der Waals surface area contributed by atoms with E-state index in [-0.39, 0.29) is 30.0 Å². The highest BCUT2D eigenvalue weighted by Gasteiger charge is 2.40. The fraction of sp³-hybridized carbons (Fsp3) is 0.621. The second-order valence-corrected chi connectivity index (χ2v) is 14.4. The number of ketones is 1. The molecule has 206 valence electrons. The highest BCUT2D eigenvalue weighted by atomic mass is 32.2. The van der Waals surface area contributed by atoms with Gasteiger partial charge >= 0.3 is 0 Å². The first kappa shape index (κ1) is 28.3. The van der Waals surface area contributed by atoms with Gasteiger partial charge in [0.1, 0.15) is 12.0 Å². The van der Waals surface area contributed by atoms with Gasteiger partial charge in [0.2, 0.25) is 5.89 Å². The largest absolute Gasteiger partial charge is 0.440 e. The van der Waals surface area contributed by atoms with Crippen LogP contribution in [0.2, 0.25) is 0 Å². The number of carbonyl (C=O) groups is 1. The van der Waals surface area contributed by atoms with E-state index in [0.29, 0.717) is 54.8 Å². The zero-order valence-electron chi connectivity index (χ0n) is 23.1. The molecule has 2 aliphatic rings. The van der Waals surface area contributed by atoms with E-state index in [4.69, 9.17) is 9.40 Å². The summed E-state index contributed by atoms with van der Waals surface area (Å²) in [5, 5.41) is 9.23. The maximum Gasteiger partial charge on any atom is 0.200 e. The SMILES string of the molecule is CN=S1(=O)CCN(c2ccc(-c3oc(C(C)(C)C)nc3[C@@H]3CC[C@H](F)C[C@H]3C(=O)C[C@@H](C)C#N)cc2)CC1. The van der Waals surface area contributed by atoms with Crippen LogP contribution in [0.1, 0.15) is 70.9 Å². The standard InChI is InChI=1S/C29H39FN4O3S/c1-19(18-31)16-25(35)24-17-21(30)8-11-23(24)26-27(37-28(33-26)29(2,3)4)20-6-9-22(10-7-20)34-12-14-38(36,32-5)15-13-34/h6-7,9-10,19,21,23-24H,8,11-17H2,1-5H3/t19-,21+,23-,24-/m1/s1. The summed E-state index contributed by atoms with van der Waals surface area (Å²) in [5.74, 6) is 1.05. The highest BCUT2D eigenvalue weighted by Crippen LogP contribution is 2.45. The van der Waals surface area contributed by atoms with Gasteiger partial charge in [-0.2, -0.15) is 5.26 Å². The van der Waals surface area contributed by atoms with Gasteiger partial charge in [-0.1, -0.05) is 20.8 Å². The quantitative estimate of drug-likeness (QED) is 0.451. The summed E-state index contributed by atoms with van der Waals surface area (Å²) in [6, 6.07) is 10.2. The van der Waals surface area contributed by atoms with Gasteiger partial charge in [0, 0.05) is 76.3 Å². The van der Waals surface area contributed by atoms with Crippen molar-refractivity contribution in [2.24, 2.45) is 16.2 Å². The first-order valence-corrected chi connectivity index (χ1v) is 15.3. The van der Waals surface area contributed by atoms with Gasteiger partial charge in [-0.15, -0.1) is 0 Å². The summed E-state index contributed by atoms with van der Waals surface area (Å²) in [7, 11) is -0.452. The van der Waals surface area contributed by atoms with Gasteiger partial charge in [-0.25, -0.2) is 17.9 Å². The van der Waals surface area contributed by atoms with E-state index >= 15 is 0 Å². The molecular formula is C29H39FN4O3S. The van der Waals surface area contributed by atoms with Gasteiger partial charge in [0.15, 0.2) is 5.76 Å². The van der Waals surface area contributed by atoms with E-state index in [1.807, 2.05) is 45.0 Å². The monoisotopic (exact) mass is 542 g/mol. The zero-order valence-corrected chi connectivity index (χ0v) is 23.9. The van der Waals surface area contributed by atoms with Crippen molar-refractivity contribution < 1.29 is 17.8 Å². The van der Waals surface area contributed by atoms with Gasteiger partial charge in [-0.05, 0) is 50.5 Å². The number of benzene rings is 1. The lowest BCUT2D eigenvalue weighted by atomic mass is 9.72. The van der Waals surface area contributed by atoms with Crippen molar-refractivity contribution in [1.29, 1.82) is 5.26 Å². The third-order valence-corrected chi connectivity index (χ3v) is 10.1. The zero-order chi connectivity index (χ0) is 27.7. The van der Waals surface area contributed by atoms with Crippen LogP contribution in [0.25, 0.3) is 11.3 Å². The minimum atomic E-state index is -2.09. The Morgan fingerprint density at radius 2 is 1.92 bits per heavy atom. The number of hydrogen-bond donors (Lipinski definition) is 0. The minimum Gasteiger partial charge on any atom is -0.440 e. The fourth-order valence-corrected chi connectivity index (χ4v) is 6.98. The number of aromatic nitrogens is 1. The molecule has 0 spiro atoms. The molecule has 4 atom stereocenters. The van der Waals surface area contributed by atoms with Crippen LogP contribution in [0.15, 0.2) is 33.0 Å². The Bertz CT molecular complexity index is 1300. The predicted octanol–water partition coefficient (Wildman–Crippen LogP) is 5.90. The Balaban J connectivity index is 1.67. The van der Waals surface area contributed by atoms with Crippen molar-refractivity contribution in [3.05, 3.63) is 35.9 Å². The highest BCUT2D eigenvalue weighted by molar-refractivity contribution is 7.93. The van der Waals surface area contributed by atoms with E-state index in [9.17, 15) is 18.7 Å². The Hall–Kier alpha value is -2.73. The molecule has 1 aromatic heterocycles. The van der Waals surface area contributed by atoms with E-state index in [1.165, 1.54) is 0 Å². The Kier molecular flexibility index (Phi) is 8.32. The van der Waals surface area contributed by atoms with Crippen LogP contribution >= 0.6 is 0 Å². The van der Waals surface area contributed by atoms with Gasteiger partial charge < -0.3 is 9.32 Å². The first-order valence-electron chi connectivity index (χ1n) is 13.5. The summed E-state index contributed by atoms with van der Waals surface area (Å²) in [6.45, 7) is 9.19. The maximum absolute atomic E-state index is 14.5. The average Bonchev–Trinajstić information content (AvgIpc) is 3.35. The normalized spacial score (nSPS) is 24.4. The number of nitrogens with zero attached hydrogens (tertiary/aromatic N) is 4. The second kappa shape index (κ2) is 11.2. The number of oxazole rings is 1. The molecule has 0 amide bonds. The maximum atomic E-state index is 14.5. The van der Waals surface area contributed by atoms with E-state index in [1.54, 1.807) is 14.0 Å². The third kappa shape index (κ3) is 6.12. The molecule has 1 saturated heterocycles. The lowest BCUT2D eigenvalue weighted by molar-refractivity contribution is -0.125. The van der Waals surface area contributed by atoms with Crippen LogP contribution < -0.4 is 4.90 Å². The number of nitriles is 1. The van der Waals surface area contributed by atoms with Crippen molar-refractivity contribution in [1.82, 2.24) is 4.98 Å². The summed E-state index contributed by atoms with van der Waals surface area (Å²) < 4.78 is 37.5. The van der Waals surface area contributed by atoms with Crippen LogP contribution in [-0.4, -0.2) is 52.8 Å². The van der Waals surface area contributed by atoms with Crippen molar-refractivity contribution in [3.8, 4) is 17.4 Å². The lowest BCUT2D eigenvalue weighted by Crippen LogP contribution is -2.40. The number of anilines is 1. The minimum absolute atomic E-state index is 0.0755. The number of hydrogen-bond acceptors (Lipinski definition) is 7. The molecule has 0 bridgehead atoms. The molecule has 1 aliphatic carbocycles. The molecule has 4 rings (SSSR count). The topological polar surface area (TPSA) is 99.6 Å². The molecule has 0 radical (unpaired) electrons. The molecule has 7 nitrogen and oxygen atoms in total. The van der Waals surface area contributed by atoms with Crippen molar-refractivity contribution in [3.63, 3.8) is 0 Å². The van der Waals surface area contributed by atoms with Gasteiger partial charge in [0.05, 0.1) is 17.7 Å². The van der Waals surface area contributed by atoms with Gasteiger partial charge in [0.25, 0.3) is 0 Å². The Morgan fingerprint density at radius 3 is 2.50 bits per heavy atom. The molecule has 2 aromatic rings. The van der Waals surface area contributed by atoms with Crippen LogP contribution in [0, 0.1) is 23.2 Å². The third-order valence-electron chi connectivity index (χ3n) is 7.76. The molecule has 0 N–H and O–H groups in total. The molecular weight excluding hydrogens is 503 g/mol. The van der Waals surface area contributed by atoms with E-state index in [2.05, 4.69) is 15.3 Å². The van der Waals surface area contributed by atoms with Crippen LogP contribution in [-0.2, 0) is 19.9 Å². The summed E-state index contributed by atoms with van der Waals surface area (Å²) in [5.41, 5.74) is 2.26.